The van der Waals surface area contributed by atoms with E-state index in [1.165, 1.54) is 0 Å². The Hall–Kier alpha value is -0.610. The van der Waals surface area contributed by atoms with Crippen LogP contribution in [0.5, 0.6) is 0 Å². The number of carbonyl (C=O) groups excluding carboxylic acids is 1. The van der Waals surface area contributed by atoms with Crippen LogP contribution in [0.4, 0.5) is 0 Å². The van der Waals surface area contributed by atoms with Crippen LogP contribution in [-0.2, 0) is 9.53 Å². The smallest absolute Gasteiger partial charge is 0.240 e. The minimum Gasteiger partial charge on any atom is -0.379 e. The second-order valence-corrected chi connectivity index (χ2v) is 5.68. The molecule has 2 heterocycles. The lowest BCUT2D eigenvalue weighted by molar-refractivity contribution is -0.129. The Bertz CT molecular complexity index is 279. The third kappa shape index (κ3) is 2.63. The van der Waals surface area contributed by atoms with Crippen molar-refractivity contribution in [2.75, 3.05) is 19.8 Å². The maximum absolute atomic E-state index is 12.5. The van der Waals surface area contributed by atoms with Crippen molar-refractivity contribution in [3.8, 4) is 0 Å². The molecule has 2 aliphatic heterocycles. The molecule has 2 unspecified atom stereocenters. The molecule has 0 bridgehead atoms. The van der Waals surface area contributed by atoms with Crippen molar-refractivity contribution in [3.05, 3.63) is 0 Å². The Kier molecular flexibility index (Phi) is 3.73. The molecule has 0 aromatic rings. The number of rotatable bonds is 4. The van der Waals surface area contributed by atoms with Gasteiger partial charge in [-0.1, -0.05) is 13.3 Å². The lowest BCUT2D eigenvalue weighted by Gasteiger charge is -2.33. The standard InChI is InChI=1S/C13H24N2O2/c1-3-5-13(6-4-8-14-13)11(16)15-12(2)7-9-17-10-12/h14H,3-10H2,1-2H3,(H,15,16). The van der Waals surface area contributed by atoms with Gasteiger partial charge in [0, 0.05) is 6.61 Å². The molecule has 1 amide bonds. The lowest BCUT2D eigenvalue weighted by Crippen LogP contribution is -2.59. The van der Waals surface area contributed by atoms with E-state index >= 15 is 0 Å². The molecule has 2 N–H and O–H groups in total. The summed E-state index contributed by atoms with van der Waals surface area (Å²) in [7, 11) is 0. The number of nitrogens with one attached hydrogen (secondary N) is 2. The first-order valence-electron chi connectivity index (χ1n) is 6.76. The van der Waals surface area contributed by atoms with Crippen molar-refractivity contribution in [2.45, 2.75) is 57.0 Å². The number of ether oxygens (including phenoxy) is 1. The van der Waals surface area contributed by atoms with Gasteiger partial charge >= 0.3 is 0 Å². The largest absolute Gasteiger partial charge is 0.379 e. The van der Waals surface area contributed by atoms with Crippen LogP contribution in [0.1, 0.15) is 46.0 Å². The van der Waals surface area contributed by atoms with E-state index in [1.54, 1.807) is 0 Å². The highest BCUT2D eigenvalue weighted by Crippen LogP contribution is 2.27. The van der Waals surface area contributed by atoms with Gasteiger partial charge in [0.15, 0.2) is 0 Å². The van der Waals surface area contributed by atoms with Crippen molar-refractivity contribution in [1.82, 2.24) is 10.6 Å². The van der Waals surface area contributed by atoms with Gasteiger partial charge in [-0.05, 0) is 39.2 Å². The maximum atomic E-state index is 12.5. The third-order valence-corrected chi connectivity index (χ3v) is 3.99. The van der Waals surface area contributed by atoms with Crippen LogP contribution in [0.25, 0.3) is 0 Å². The first kappa shape index (κ1) is 12.8. The molecule has 17 heavy (non-hydrogen) atoms. The molecule has 0 spiro atoms. The fourth-order valence-corrected chi connectivity index (χ4v) is 2.91. The normalized spacial score (nSPS) is 37.3. The summed E-state index contributed by atoms with van der Waals surface area (Å²) in [6, 6.07) is 0. The monoisotopic (exact) mass is 240 g/mol. The predicted octanol–water partition coefficient (Wildman–Crippen LogP) is 1.20. The van der Waals surface area contributed by atoms with E-state index in [0.29, 0.717) is 6.61 Å². The van der Waals surface area contributed by atoms with Crippen LogP contribution in [0.15, 0.2) is 0 Å². The Morgan fingerprint density at radius 3 is 2.82 bits per heavy atom. The Morgan fingerprint density at radius 2 is 2.29 bits per heavy atom. The highest BCUT2D eigenvalue weighted by Gasteiger charge is 2.43. The average Bonchev–Trinajstić information content (AvgIpc) is 2.89. The number of hydrogen-bond acceptors (Lipinski definition) is 3. The number of carbonyl (C=O) groups is 1. The fourth-order valence-electron chi connectivity index (χ4n) is 2.91. The van der Waals surface area contributed by atoms with E-state index in [-0.39, 0.29) is 17.0 Å². The van der Waals surface area contributed by atoms with E-state index in [1.807, 2.05) is 0 Å². The summed E-state index contributed by atoms with van der Waals surface area (Å²) in [6.07, 6.45) is 4.94. The molecule has 0 radical (unpaired) electrons. The second kappa shape index (κ2) is 4.94. The molecule has 0 aliphatic carbocycles. The second-order valence-electron chi connectivity index (χ2n) is 5.68. The van der Waals surface area contributed by atoms with Crippen LogP contribution >= 0.6 is 0 Å². The van der Waals surface area contributed by atoms with Crippen LogP contribution < -0.4 is 10.6 Å². The topological polar surface area (TPSA) is 50.4 Å². The Balaban J connectivity index is 2.01. The molecule has 2 fully saturated rings. The maximum Gasteiger partial charge on any atom is 0.240 e. The summed E-state index contributed by atoms with van der Waals surface area (Å²) in [5.74, 6) is 0.171. The van der Waals surface area contributed by atoms with Crippen LogP contribution in [0.3, 0.4) is 0 Å². The van der Waals surface area contributed by atoms with Crippen molar-refractivity contribution in [2.24, 2.45) is 0 Å². The summed E-state index contributed by atoms with van der Waals surface area (Å²) >= 11 is 0. The third-order valence-electron chi connectivity index (χ3n) is 3.99. The first-order valence-corrected chi connectivity index (χ1v) is 6.76. The van der Waals surface area contributed by atoms with Gasteiger partial charge in [-0.25, -0.2) is 0 Å². The van der Waals surface area contributed by atoms with Gasteiger partial charge in [0.05, 0.1) is 17.7 Å². The summed E-state index contributed by atoms with van der Waals surface area (Å²) in [6.45, 7) is 6.56. The molecule has 98 valence electrons. The zero-order valence-corrected chi connectivity index (χ0v) is 11.0. The van der Waals surface area contributed by atoms with Gasteiger partial charge in [0.1, 0.15) is 0 Å². The summed E-state index contributed by atoms with van der Waals surface area (Å²) in [4.78, 5) is 12.5. The Labute approximate surface area is 103 Å². The average molecular weight is 240 g/mol. The van der Waals surface area contributed by atoms with Crippen molar-refractivity contribution in [1.29, 1.82) is 0 Å². The van der Waals surface area contributed by atoms with Gasteiger partial charge in [0.2, 0.25) is 5.91 Å². The van der Waals surface area contributed by atoms with Crippen LogP contribution in [0, 0.1) is 0 Å². The molecule has 4 heteroatoms. The van der Waals surface area contributed by atoms with E-state index in [9.17, 15) is 4.79 Å². The highest BCUT2D eigenvalue weighted by atomic mass is 16.5. The molecular weight excluding hydrogens is 216 g/mol. The molecule has 4 nitrogen and oxygen atoms in total. The summed E-state index contributed by atoms with van der Waals surface area (Å²) in [5, 5.41) is 6.61. The quantitative estimate of drug-likeness (QED) is 0.776. The molecule has 2 rings (SSSR count). The highest BCUT2D eigenvalue weighted by molar-refractivity contribution is 5.87. The lowest BCUT2D eigenvalue weighted by atomic mass is 9.89. The molecular formula is C13H24N2O2. The van der Waals surface area contributed by atoms with Gasteiger partial charge in [-0.3, -0.25) is 4.79 Å². The summed E-state index contributed by atoms with van der Waals surface area (Å²) < 4.78 is 5.38. The van der Waals surface area contributed by atoms with E-state index < -0.39 is 0 Å². The van der Waals surface area contributed by atoms with E-state index in [4.69, 9.17) is 4.74 Å². The van der Waals surface area contributed by atoms with Crippen molar-refractivity contribution in [3.63, 3.8) is 0 Å². The van der Waals surface area contributed by atoms with Crippen molar-refractivity contribution >= 4 is 5.91 Å². The van der Waals surface area contributed by atoms with Gasteiger partial charge < -0.3 is 15.4 Å². The fraction of sp³-hybridized carbons (Fsp3) is 0.923. The molecule has 2 saturated heterocycles. The van der Waals surface area contributed by atoms with Gasteiger partial charge in [0.25, 0.3) is 0 Å². The van der Waals surface area contributed by atoms with Gasteiger partial charge in [-0.2, -0.15) is 0 Å². The zero-order valence-electron chi connectivity index (χ0n) is 11.0. The Morgan fingerprint density at radius 1 is 1.47 bits per heavy atom. The predicted molar refractivity (Wildman–Crippen MR) is 66.9 cm³/mol. The van der Waals surface area contributed by atoms with Crippen molar-refractivity contribution < 1.29 is 9.53 Å². The zero-order chi connectivity index (χ0) is 12.4. The number of hydrogen-bond donors (Lipinski definition) is 2. The minimum atomic E-state index is -0.319. The molecule has 0 aromatic carbocycles. The molecule has 2 aliphatic rings. The number of amides is 1. The molecule has 0 aromatic heterocycles. The first-order chi connectivity index (χ1) is 8.10. The van der Waals surface area contributed by atoms with E-state index in [0.717, 1.165) is 45.3 Å². The van der Waals surface area contributed by atoms with Crippen LogP contribution in [0.2, 0.25) is 0 Å². The molecule has 0 saturated carbocycles. The SMILES string of the molecule is CCCC1(C(=O)NC2(C)CCOC2)CCCN1. The van der Waals surface area contributed by atoms with Gasteiger partial charge in [-0.15, -0.1) is 0 Å². The molecule has 2 atom stereocenters. The minimum absolute atomic E-state index is 0.165. The van der Waals surface area contributed by atoms with E-state index in [2.05, 4.69) is 24.5 Å². The van der Waals surface area contributed by atoms with Crippen LogP contribution in [-0.4, -0.2) is 36.7 Å². The summed E-state index contributed by atoms with van der Waals surface area (Å²) in [5.41, 5.74) is -0.484.